The van der Waals surface area contributed by atoms with Gasteiger partial charge in [0.2, 0.25) is 0 Å². The van der Waals surface area contributed by atoms with Gasteiger partial charge in [-0.15, -0.1) is 0 Å². The van der Waals surface area contributed by atoms with Crippen molar-refractivity contribution in [2.45, 2.75) is 322 Å². The molecule has 0 bridgehead atoms. The molecule has 0 aliphatic carbocycles. The van der Waals surface area contributed by atoms with Gasteiger partial charge in [-0.3, -0.25) is 10.1 Å². The van der Waals surface area contributed by atoms with Gasteiger partial charge in [-0.25, -0.2) is 0 Å². The largest absolute Gasteiger partial charge is 1.00 e. The first-order chi connectivity index (χ1) is 47.5. The first kappa shape index (κ1) is 149. The summed E-state index contributed by atoms with van der Waals surface area (Å²) in [6.07, 6.45) is 10.8. The molecular formula is C88H182BrIKN5O6. The van der Waals surface area contributed by atoms with Crippen molar-refractivity contribution in [1.29, 1.82) is 0 Å². The van der Waals surface area contributed by atoms with Crippen LogP contribution in [0, 0.1) is 24.0 Å². The summed E-state index contributed by atoms with van der Waals surface area (Å²) in [4.78, 5) is 12.2. The molecule has 5 aromatic rings. The Morgan fingerprint density at radius 2 is 0.843 bits per heavy atom. The minimum absolute atomic E-state index is 0. The molecule has 0 aromatic heterocycles. The molecule has 5 aromatic carbocycles. The molecule has 0 unspecified atom stereocenters. The molecule has 0 saturated heterocycles. The second kappa shape index (κ2) is 156. The van der Waals surface area contributed by atoms with Gasteiger partial charge in [0, 0.05) is 93.2 Å². The zero-order valence-electron chi connectivity index (χ0n) is 71.9. The molecule has 0 spiro atoms. The van der Waals surface area contributed by atoms with Gasteiger partial charge in [-0.2, -0.15) is 0 Å². The van der Waals surface area contributed by atoms with Crippen molar-refractivity contribution in [2.24, 2.45) is 0 Å². The van der Waals surface area contributed by atoms with Crippen LogP contribution in [-0.4, -0.2) is 84.1 Å². The number of nitrogens with zero attached hydrogens (tertiary/aromatic N) is 2. The van der Waals surface area contributed by atoms with E-state index >= 15 is 0 Å². The van der Waals surface area contributed by atoms with Crippen LogP contribution in [0.5, 0.6) is 0 Å². The zero-order chi connectivity index (χ0) is 78.6. The minimum atomic E-state index is -0.380. The van der Waals surface area contributed by atoms with E-state index in [1.54, 1.807) is 25.1 Å². The normalized spacial score (nSPS) is 7.70. The van der Waals surface area contributed by atoms with Crippen LogP contribution in [0.4, 0.5) is 22.7 Å². The van der Waals surface area contributed by atoms with Crippen molar-refractivity contribution in [3.8, 4) is 0 Å². The molecule has 0 aliphatic rings. The third-order valence-electron chi connectivity index (χ3n) is 10.3. The Morgan fingerprint density at radius 1 is 0.451 bits per heavy atom. The summed E-state index contributed by atoms with van der Waals surface area (Å²) in [6.45, 7) is 74.8. The number of para-hydroxylation sites is 4. The van der Waals surface area contributed by atoms with Crippen molar-refractivity contribution in [3.05, 3.63) is 171 Å². The molecule has 0 fully saturated rings. The number of aryl methyl sites for hydroxylation is 4. The maximum Gasteiger partial charge on any atom is 1.00 e. The van der Waals surface area contributed by atoms with E-state index in [0.717, 1.165) is 109 Å². The number of alkyl halides is 2. The third kappa shape index (κ3) is 116. The fourth-order valence-electron chi connectivity index (χ4n) is 6.37. The van der Waals surface area contributed by atoms with E-state index in [1.165, 1.54) is 62.7 Å². The van der Waals surface area contributed by atoms with Crippen LogP contribution >= 0.6 is 38.5 Å². The summed E-state index contributed by atoms with van der Waals surface area (Å²) < 4.78 is 12.1. The minimum Gasteiger partial charge on any atom is -0.693 e. The Morgan fingerprint density at radius 3 is 1.22 bits per heavy atom. The summed E-state index contributed by atoms with van der Waals surface area (Å²) in [5, 5.41) is 34.9. The van der Waals surface area contributed by atoms with Gasteiger partial charge in [0.05, 0.1) is 11.5 Å². The fourth-order valence-corrected chi connectivity index (χ4v) is 6.60. The molecule has 0 atom stereocenters. The quantitative estimate of drug-likeness (QED) is 0.0105. The van der Waals surface area contributed by atoms with Gasteiger partial charge in [0.25, 0.3) is 5.69 Å². The van der Waals surface area contributed by atoms with E-state index in [4.69, 9.17) is 19.7 Å². The van der Waals surface area contributed by atoms with Gasteiger partial charge in [0.1, 0.15) is 0 Å². The first-order valence-corrected chi connectivity index (χ1v) is 41.4. The predicted molar refractivity (Wildman–Crippen MR) is 491 cm³/mol. The number of nitrogens with one attached hydrogen (secondary N) is 2. The smallest absolute Gasteiger partial charge is 0.693 e. The number of rotatable bonds is 26. The SMILES string of the molecule is BrCCCOCc1ccccc1.C.C.C.CC.CC.CC.CC.CC.CC.CC.CC.CC.CC.CC.CC.CCCI.CCCN(CCCO)c1ccccc1CC.CCCNc1ccccc1CC.CCCO.CCCOCCCNc1ccccc1C.Cc1ccccc1[N+](=O)[O-].[K+].[NH2-]. The Kier molecular flexibility index (Phi) is 228. The molecule has 5 rings (SSSR count). The number of benzene rings is 5. The number of nitro benzene ring substituents is 1. The van der Waals surface area contributed by atoms with Crippen LogP contribution < -0.4 is 66.9 Å². The van der Waals surface area contributed by atoms with Gasteiger partial charge in [0.15, 0.2) is 0 Å². The fraction of sp³-hybridized carbons (Fsp3) is 0.659. The maximum absolute atomic E-state index is 10.2. The van der Waals surface area contributed by atoms with Crippen LogP contribution in [-0.2, 0) is 28.9 Å². The van der Waals surface area contributed by atoms with Crippen LogP contribution in [0.2, 0.25) is 0 Å². The monoisotopic (exact) mass is 1650 g/mol. The number of hydrogen-bond acceptors (Lipinski definition) is 9. The summed E-state index contributed by atoms with van der Waals surface area (Å²) in [5.74, 6) is 0. The number of anilines is 3. The van der Waals surface area contributed by atoms with Crippen LogP contribution in [0.25, 0.3) is 6.15 Å². The van der Waals surface area contributed by atoms with E-state index in [1.807, 2.05) is 191 Å². The maximum atomic E-state index is 10.2. The van der Waals surface area contributed by atoms with Gasteiger partial charge >= 0.3 is 51.4 Å². The Hall–Kier alpha value is -2.45. The van der Waals surface area contributed by atoms with Crippen molar-refractivity contribution in [3.63, 3.8) is 0 Å². The molecule has 0 saturated carbocycles. The van der Waals surface area contributed by atoms with Crippen molar-refractivity contribution in [2.75, 3.05) is 84.5 Å². The first-order valence-electron chi connectivity index (χ1n) is 38.7. The number of aliphatic hydroxyl groups excluding tert-OH is 2. The zero-order valence-corrected chi connectivity index (χ0v) is 78.8. The predicted octanol–water partition coefficient (Wildman–Crippen LogP) is 28.2. The van der Waals surface area contributed by atoms with Gasteiger partial charge in [-0.05, 0) is 123 Å². The number of ether oxygens (including phenoxy) is 2. The number of aliphatic hydroxyl groups is 2. The molecule has 0 amide bonds. The summed E-state index contributed by atoms with van der Waals surface area (Å²) in [5.41, 5.74) is 10.1. The number of hydrogen-bond donors (Lipinski definition) is 4. The van der Waals surface area contributed by atoms with E-state index in [-0.39, 0.29) is 97.0 Å². The summed E-state index contributed by atoms with van der Waals surface area (Å²) in [6, 6.07) is 42.3. The third-order valence-corrected chi connectivity index (χ3v) is 11.9. The van der Waals surface area contributed by atoms with Gasteiger partial charge in [-0.1, -0.05) is 379 Å². The van der Waals surface area contributed by atoms with Crippen molar-refractivity contribution in [1.82, 2.24) is 0 Å². The molecule has 0 radical (unpaired) electrons. The Balaban J connectivity index is -0.0000000447. The van der Waals surface area contributed by atoms with E-state index in [9.17, 15) is 10.1 Å². The standard InChI is InChI=1S/C14H23NO.C13H21NO.C11H17N.C10H13BrO.C7H7NO2.C3H7I.C3H8O.12C2H6.3CH4.K.H2N/c1-3-10-15(11-7-12-16)14-9-6-5-8-13(14)4-2;1-3-10-15-11-6-9-14-13-8-5-4-7-12(13)2;1-3-9-12-11-8-6-5-7-10(11)4-2;11-7-4-8-12-9-10-5-2-1-3-6-10;1-6-4-2-3-5-7(6)8(9)10;2*1-2-3-4;12*1-2;;;;;/h5-6,8-9,16H,3-4,7,10-12H2,1-2H3;4-5,7-8,14H,3,6,9-11H2,1-2H3;5-8,12H,3-4,9H2,1-2H3;1-3,5-6H,4,7-9H2;2-5H,1H3;2-3H2,1H3;4H,2-3H2,1H3;12*1-2H3;3*1H4;;1H2/q;;;;;;;;;;;;;;;;;;;;;;+1;-1. The topological polar surface area (TPSA) is 163 Å². The number of halogens is 2. The molecule has 610 valence electrons. The van der Waals surface area contributed by atoms with Crippen molar-refractivity contribution < 1.29 is 76.0 Å². The summed E-state index contributed by atoms with van der Waals surface area (Å²) in [7, 11) is 0. The molecule has 102 heavy (non-hydrogen) atoms. The second-order valence-corrected chi connectivity index (χ2v) is 18.6. The number of nitrogens with two attached hydrogens (primary N) is 1. The van der Waals surface area contributed by atoms with E-state index in [2.05, 4.69) is 187 Å². The average Bonchev–Trinajstić information content (AvgIpc) is 0.883. The van der Waals surface area contributed by atoms with E-state index in [0.29, 0.717) is 12.2 Å². The average molecular weight is 1650 g/mol. The molecule has 0 heterocycles. The van der Waals surface area contributed by atoms with Crippen LogP contribution in [0.15, 0.2) is 127 Å². The van der Waals surface area contributed by atoms with Crippen LogP contribution in [0.1, 0.15) is 316 Å². The molecule has 0 aliphatic heterocycles. The Labute approximate surface area is 707 Å². The molecule has 14 heteroatoms. The van der Waals surface area contributed by atoms with Crippen molar-refractivity contribution >= 4 is 61.3 Å². The molecular weight excluding hydrogens is 1470 g/mol. The molecule has 6 N–H and O–H groups in total. The van der Waals surface area contributed by atoms with E-state index < -0.39 is 0 Å². The van der Waals surface area contributed by atoms with Gasteiger partial charge < -0.3 is 41.4 Å². The Bertz CT molecular complexity index is 1990. The number of nitro groups is 1. The second-order valence-electron chi connectivity index (χ2n) is 16.7. The van der Waals surface area contributed by atoms with Crippen LogP contribution in [0.3, 0.4) is 0 Å². The molecule has 11 nitrogen and oxygen atoms in total. The summed E-state index contributed by atoms with van der Waals surface area (Å²) >= 11 is 5.71.